The molecule has 0 radical (unpaired) electrons. The minimum atomic E-state index is -0.869. The van der Waals surface area contributed by atoms with Gasteiger partial charge in [0.1, 0.15) is 17.3 Å². The largest absolute Gasteiger partial charge is 0.512 e. The lowest BCUT2D eigenvalue weighted by atomic mass is 9.67. The third-order valence-electron chi connectivity index (χ3n) is 9.96. The van der Waals surface area contributed by atoms with Gasteiger partial charge in [0.05, 0.1) is 7.11 Å². The van der Waals surface area contributed by atoms with Crippen molar-refractivity contribution in [3.8, 4) is 5.75 Å². The summed E-state index contributed by atoms with van der Waals surface area (Å²) < 4.78 is 7.71. The molecule has 1 saturated heterocycles. The fraction of sp³-hybridized carbons (Fsp3) is 0.528. The van der Waals surface area contributed by atoms with Crippen molar-refractivity contribution in [3.63, 3.8) is 0 Å². The van der Waals surface area contributed by atoms with Crippen LogP contribution in [0.5, 0.6) is 5.75 Å². The first kappa shape index (κ1) is 30.4. The average molecular weight is 601 g/mol. The second-order valence-electron chi connectivity index (χ2n) is 15.0. The molecule has 0 amide bonds. The van der Waals surface area contributed by atoms with Crippen LogP contribution in [-0.2, 0) is 22.7 Å². The van der Waals surface area contributed by atoms with Gasteiger partial charge in [0, 0.05) is 92.2 Å². The maximum Gasteiger partial charge on any atom is 0.250 e. The molecule has 1 aromatic carbocycles. The number of hydrogen-bond acceptors (Lipinski definition) is 7. The second kappa shape index (κ2) is 11.1. The van der Waals surface area contributed by atoms with Crippen molar-refractivity contribution >= 4 is 11.6 Å². The van der Waals surface area contributed by atoms with Gasteiger partial charge in [-0.1, -0.05) is 39.8 Å². The van der Waals surface area contributed by atoms with Crippen LogP contribution >= 0.6 is 0 Å². The van der Waals surface area contributed by atoms with Gasteiger partial charge in [-0.2, -0.15) is 0 Å². The first-order valence-electron chi connectivity index (χ1n) is 15.7. The van der Waals surface area contributed by atoms with Gasteiger partial charge in [0.15, 0.2) is 11.6 Å². The van der Waals surface area contributed by atoms with Crippen LogP contribution in [-0.4, -0.2) is 51.4 Å². The fourth-order valence-corrected chi connectivity index (χ4v) is 8.20. The standard InChI is InChI=1S/C36H44N2O6/c1-35(2)13-26(39)33(27(40)14-35)32(34-28(41)15-36(3,4)16-29(34)42)22-9-10-30(44-5)24(12-22)20-37-17-21-11-23(19-37)25-7-6-8-31(43)38(25)18-21/h6-10,12,21,23,32,39,41H,11,13-20H2,1-5H3/t21-,23+/m1/s1. The highest BCUT2D eigenvalue weighted by Gasteiger charge is 2.44. The summed E-state index contributed by atoms with van der Waals surface area (Å²) in [7, 11) is 1.63. The number of Topliss-reactive ketones (excluding diaryl/α,β-unsaturated/α-hetero) is 2. The minimum absolute atomic E-state index is 0.00989. The molecule has 2 N–H and O–H groups in total. The Bertz CT molecular complexity index is 1590. The molecule has 234 valence electrons. The van der Waals surface area contributed by atoms with Gasteiger partial charge in [-0.3, -0.25) is 19.3 Å². The predicted octanol–water partition coefficient (Wildman–Crippen LogP) is 5.96. The maximum absolute atomic E-state index is 13.7. The summed E-state index contributed by atoms with van der Waals surface area (Å²) in [5.74, 6) is 0.0324. The molecule has 2 aliphatic heterocycles. The van der Waals surface area contributed by atoms with Crippen LogP contribution < -0.4 is 10.3 Å². The van der Waals surface area contributed by atoms with Crippen LogP contribution in [0, 0.1) is 16.7 Å². The summed E-state index contributed by atoms with van der Waals surface area (Å²) in [5.41, 5.74) is 2.36. The number of likely N-dealkylation sites (tertiary alicyclic amines) is 1. The Kier molecular flexibility index (Phi) is 7.63. The smallest absolute Gasteiger partial charge is 0.250 e. The number of aliphatic hydroxyl groups excluding tert-OH is 2. The fourth-order valence-electron chi connectivity index (χ4n) is 8.20. The summed E-state index contributed by atoms with van der Waals surface area (Å²) in [4.78, 5) is 42.3. The number of allylic oxidation sites excluding steroid dienone is 4. The lowest BCUT2D eigenvalue weighted by Gasteiger charge is -2.43. The molecule has 0 unspecified atom stereocenters. The summed E-state index contributed by atoms with van der Waals surface area (Å²) in [6.45, 7) is 10.7. The Hall–Kier alpha value is -3.65. The molecule has 2 aromatic rings. The van der Waals surface area contributed by atoms with Gasteiger partial charge in [-0.15, -0.1) is 0 Å². The molecule has 1 fully saturated rings. The molecule has 3 heterocycles. The normalized spacial score (nSPS) is 25.0. The van der Waals surface area contributed by atoms with E-state index in [1.807, 2.05) is 56.5 Å². The van der Waals surface area contributed by atoms with E-state index in [4.69, 9.17) is 4.74 Å². The number of piperidine rings is 1. The molecule has 4 aliphatic rings. The molecule has 2 aliphatic carbocycles. The van der Waals surface area contributed by atoms with Crippen molar-refractivity contribution in [3.05, 3.63) is 86.2 Å². The van der Waals surface area contributed by atoms with E-state index in [0.717, 1.165) is 30.8 Å². The minimum Gasteiger partial charge on any atom is -0.512 e. The van der Waals surface area contributed by atoms with E-state index in [9.17, 15) is 24.6 Å². The van der Waals surface area contributed by atoms with Gasteiger partial charge in [0.25, 0.3) is 5.56 Å². The highest BCUT2D eigenvalue weighted by Crippen LogP contribution is 2.48. The van der Waals surface area contributed by atoms with Crippen LogP contribution in [0.1, 0.15) is 88.5 Å². The molecular weight excluding hydrogens is 556 g/mol. The number of carbonyl (C=O) groups excluding carboxylic acids is 2. The zero-order valence-electron chi connectivity index (χ0n) is 26.5. The number of aliphatic hydroxyl groups is 2. The van der Waals surface area contributed by atoms with Crippen LogP contribution in [0.15, 0.2) is 63.9 Å². The van der Waals surface area contributed by atoms with Crippen LogP contribution in [0.2, 0.25) is 0 Å². The second-order valence-corrected chi connectivity index (χ2v) is 15.0. The highest BCUT2D eigenvalue weighted by molar-refractivity contribution is 6.05. The molecule has 2 atom stereocenters. The number of pyridine rings is 1. The number of hydrogen-bond donors (Lipinski definition) is 2. The van der Waals surface area contributed by atoms with Crippen LogP contribution in [0.3, 0.4) is 0 Å². The van der Waals surface area contributed by atoms with Crippen molar-refractivity contribution < 1.29 is 24.5 Å². The first-order chi connectivity index (χ1) is 20.7. The van der Waals surface area contributed by atoms with Gasteiger partial charge < -0.3 is 19.5 Å². The first-order valence-corrected chi connectivity index (χ1v) is 15.7. The molecule has 44 heavy (non-hydrogen) atoms. The van der Waals surface area contributed by atoms with Crippen molar-refractivity contribution in [2.75, 3.05) is 20.2 Å². The zero-order chi connectivity index (χ0) is 31.6. The Morgan fingerprint density at radius 2 is 1.50 bits per heavy atom. The Morgan fingerprint density at radius 1 is 0.864 bits per heavy atom. The molecular formula is C36H44N2O6. The van der Waals surface area contributed by atoms with Crippen molar-refractivity contribution in [1.29, 1.82) is 0 Å². The molecule has 8 nitrogen and oxygen atoms in total. The number of benzene rings is 1. The van der Waals surface area contributed by atoms with Gasteiger partial charge in [-0.05, 0) is 46.9 Å². The molecule has 0 saturated carbocycles. The third-order valence-corrected chi connectivity index (χ3v) is 9.96. The number of ether oxygens (including phenoxy) is 1. The summed E-state index contributed by atoms with van der Waals surface area (Å²) in [6.07, 6.45) is 2.20. The van der Waals surface area contributed by atoms with E-state index in [2.05, 4.69) is 11.0 Å². The summed E-state index contributed by atoms with van der Waals surface area (Å²) in [6, 6.07) is 11.2. The lowest BCUT2D eigenvalue weighted by molar-refractivity contribution is -0.119. The Morgan fingerprint density at radius 3 is 2.09 bits per heavy atom. The SMILES string of the molecule is COc1ccc(C(C2=C(O)CC(C)(C)CC2=O)C2=C(O)CC(C)(C)CC2=O)cc1CN1C[C@H]2C[C@@H](C1)c1cccc(=O)n1C2. The molecule has 2 bridgehead atoms. The van der Waals surface area contributed by atoms with Crippen molar-refractivity contribution in [2.24, 2.45) is 16.7 Å². The number of rotatable bonds is 6. The third kappa shape index (κ3) is 5.65. The lowest BCUT2D eigenvalue weighted by Crippen LogP contribution is -2.46. The summed E-state index contributed by atoms with van der Waals surface area (Å²) in [5, 5.41) is 22.6. The van der Waals surface area contributed by atoms with E-state index >= 15 is 0 Å². The molecule has 6 rings (SSSR count). The molecule has 1 aromatic heterocycles. The molecule has 0 spiro atoms. The van der Waals surface area contributed by atoms with E-state index in [1.165, 1.54) is 0 Å². The topological polar surface area (TPSA) is 109 Å². The van der Waals surface area contributed by atoms with Crippen molar-refractivity contribution in [1.82, 2.24) is 9.47 Å². The Labute approximate surface area is 259 Å². The van der Waals surface area contributed by atoms with Crippen LogP contribution in [0.25, 0.3) is 0 Å². The number of carbonyl (C=O) groups is 2. The van der Waals surface area contributed by atoms with E-state index in [1.54, 1.807) is 13.2 Å². The quantitative estimate of drug-likeness (QED) is 0.421. The maximum atomic E-state index is 13.7. The van der Waals surface area contributed by atoms with E-state index in [-0.39, 0.29) is 58.5 Å². The number of ketones is 2. The number of nitrogens with zero attached hydrogens (tertiary/aromatic N) is 2. The highest BCUT2D eigenvalue weighted by atomic mass is 16.5. The van der Waals surface area contributed by atoms with Gasteiger partial charge in [-0.25, -0.2) is 0 Å². The van der Waals surface area contributed by atoms with Crippen molar-refractivity contribution in [2.45, 2.75) is 84.7 Å². The number of aromatic nitrogens is 1. The van der Waals surface area contributed by atoms with E-state index < -0.39 is 16.7 Å². The average Bonchev–Trinajstić information content (AvgIpc) is 2.91. The Balaban J connectivity index is 1.40. The number of methoxy groups -OCH3 is 1. The predicted molar refractivity (Wildman–Crippen MR) is 168 cm³/mol. The van der Waals surface area contributed by atoms with Crippen LogP contribution in [0.4, 0.5) is 0 Å². The van der Waals surface area contributed by atoms with E-state index in [0.29, 0.717) is 43.2 Å². The van der Waals surface area contributed by atoms with Gasteiger partial charge >= 0.3 is 0 Å². The monoisotopic (exact) mass is 600 g/mol. The zero-order valence-corrected chi connectivity index (χ0v) is 26.5. The van der Waals surface area contributed by atoms with Gasteiger partial charge in [0.2, 0.25) is 0 Å². The number of fused-ring (bicyclic) bond motifs is 4. The summed E-state index contributed by atoms with van der Waals surface area (Å²) >= 11 is 0. The molecule has 8 heteroatoms.